The molecular formula is C22H25FN2OS. The zero-order valence-electron chi connectivity index (χ0n) is 15.6. The van der Waals surface area contributed by atoms with Crippen LogP contribution in [0.4, 0.5) is 10.1 Å². The lowest BCUT2D eigenvalue weighted by Crippen LogP contribution is -2.37. The molecule has 0 saturated heterocycles. The van der Waals surface area contributed by atoms with E-state index >= 15 is 0 Å². The fourth-order valence-electron chi connectivity index (χ4n) is 3.30. The maximum atomic E-state index is 13.1. The number of hydrogen-bond donors (Lipinski definition) is 0. The molecule has 1 aliphatic rings. The summed E-state index contributed by atoms with van der Waals surface area (Å²) >= 11 is 1.46. The smallest absolute Gasteiger partial charge is 0.173 e. The van der Waals surface area contributed by atoms with E-state index in [2.05, 4.69) is 11.9 Å². The quantitative estimate of drug-likeness (QED) is 0.377. The summed E-state index contributed by atoms with van der Waals surface area (Å²) in [6.07, 6.45) is 6.11. The van der Waals surface area contributed by atoms with Gasteiger partial charge in [0.25, 0.3) is 0 Å². The Balaban J connectivity index is 1.74. The molecule has 0 radical (unpaired) electrons. The van der Waals surface area contributed by atoms with Crippen molar-refractivity contribution < 1.29 is 9.18 Å². The molecule has 3 nitrogen and oxygen atoms in total. The molecule has 0 amide bonds. The summed E-state index contributed by atoms with van der Waals surface area (Å²) < 4.78 is 13.1. The number of rotatable bonds is 5. The summed E-state index contributed by atoms with van der Waals surface area (Å²) in [5.41, 5.74) is 1.42. The molecule has 3 rings (SSSR count). The monoisotopic (exact) mass is 384 g/mol. The third-order valence-electron chi connectivity index (χ3n) is 4.90. The van der Waals surface area contributed by atoms with Gasteiger partial charge in [-0.1, -0.05) is 49.2 Å². The highest BCUT2D eigenvalue weighted by Gasteiger charge is 2.22. The first-order valence-electron chi connectivity index (χ1n) is 9.41. The van der Waals surface area contributed by atoms with Crippen LogP contribution >= 0.6 is 11.8 Å². The van der Waals surface area contributed by atoms with Crippen LogP contribution in [0.2, 0.25) is 0 Å². The number of ketones is 1. The molecule has 2 aromatic carbocycles. The van der Waals surface area contributed by atoms with E-state index in [0.717, 1.165) is 23.7 Å². The van der Waals surface area contributed by atoms with Gasteiger partial charge in [-0.05, 0) is 49.2 Å². The van der Waals surface area contributed by atoms with Gasteiger partial charge in [-0.2, -0.15) is 0 Å². The third-order valence-corrected chi connectivity index (χ3v) is 5.95. The summed E-state index contributed by atoms with van der Waals surface area (Å²) in [6.45, 7) is 0. The Kier molecular flexibility index (Phi) is 7.04. The topological polar surface area (TPSA) is 32.7 Å². The number of nitrogens with zero attached hydrogens (tertiary/aromatic N) is 2. The van der Waals surface area contributed by atoms with Crippen molar-refractivity contribution in [3.63, 3.8) is 0 Å². The molecule has 0 spiro atoms. The molecule has 142 valence electrons. The van der Waals surface area contributed by atoms with Crippen LogP contribution in [0.1, 0.15) is 42.5 Å². The molecule has 1 fully saturated rings. The van der Waals surface area contributed by atoms with Gasteiger partial charge in [0, 0.05) is 18.7 Å². The Morgan fingerprint density at radius 2 is 1.74 bits per heavy atom. The molecule has 0 unspecified atom stereocenters. The van der Waals surface area contributed by atoms with E-state index in [1.165, 1.54) is 55.3 Å². The van der Waals surface area contributed by atoms with Gasteiger partial charge in [-0.15, -0.1) is 0 Å². The second-order valence-electron chi connectivity index (χ2n) is 6.85. The van der Waals surface area contributed by atoms with Crippen molar-refractivity contribution in [2.24, 2.45) is 4.99 Å². The molecule has 0 aromatic heterocycles. The van der Waals surface area contributed by atoms with Gasteiger partial charge in [0.1, 0.15) is 5.82 Å². The predicted octanol–water partition coefficient (Wildman–Crippen LogP) is 5.69. The third kappa shape index (κ3) is 5.67. The fourth-order valence-corrected chi connectivity index (χ4v) is 4.25. The fraction of sp³-hybridized carbons (Fsp3) is 0.364. The molecule has 1 saturated carbocycles. The van der Waals surface area contributed by atoms with Gasteiger partial charge < -0.3 is 4.90 Å². The molecule has 5 heteroatoms. The first-order valence-corrected chi connectivity index (χ1v) is 10.4. The summed E-state index contributed by atoms with van der Waals surface area (Å²) in [5, 5.41) is 0.864. The average Bonchev–Trinajstić information content (AvgIpc) is 2.72. The van der Waals surface area contributed by atoms with E-state index in [-0.39, 0.29) is 17.4 Å². The molecule has 0 N–H and O–H groups in total. The zero-order valence-corrected chi connectivity index (χ0v) is 16.4. The molecular weight excluding hydrogens is 359 g/mol. The van der Waals surface area contributed by atoms with Crippen molar-refractivity contribution in [1.82, 2.24) is 4.90 Å². The number of thioether (sulfide) groups is 1. The minimum absolute atomic E-state index is 0.0159. The van der Waals surface area contributed by atoms with E-state index in [9.17, 15) is 9.18 Å². The molecule has 0 aliphatic heterocycles. The highest BCUT2D eigenvalue weighted by Crippen LogP contribution is 2.26. The first kappa shape index (κ1) is 19.6. The van der Waals surface area contributed by atoms with Crippen LogP contribution in [-0.4, -0.2) is 34.7 Å². The van der Waals surface area contributed by atoms with Gasteiger partial charge in [0.2, 0.25) is 0 Å². The number of halogens is 1. The lowest BCUT2D eigenvalue weighted by molar-refractivity contribution is 0.102. The van der Waals surface area contributed by atoms with Crippen molar-refractivity contribution in [3.8, 4) is 0 Å². The zero-order chi connectivity index (χ0) is 19.1. The number of benzene rings is 2. The van der Waals surface area contributed by atoms with E-state index in [1.54, 1.807) is 0 Å². The van der Waals surface area contributed by atoms with Crippen LogP contribution in [0, 0.1) is 5.82 Å². The second-order valence-corrected chi connectivity index (χ2v) is 7.79. The Morgan fingerprint density at radius 1 is 1.07 bits per heavy atom. The van der Waals surface area contributed by atoms with Crippen LogP contribution in [0.15, 0.2) is 59.6 Å². The Hall–Kier alpha value is -2.14. The molecule has 0 bridgehead atoms. The molecule has 0 atom stereocenters. The van der Waals surface area contributed by atoms with Gasteiger partial charge >= 0.3 is 0 Å². The summed E-state index contributed by atoms with van der Waals surface area (Å²) in [4.78, 5) is 19.5. The van der Waals surface area contributed by atoms with E-state index in [4.69, 9.17) is 4.99 Å². The van der Waals surface area contributed by atoms with Gasteiger partial charge in [-0.25, -0.2) is 9.38 Å². The number of carbonyl (C=O) groups is 1. The van der Waals surface area contributed by atoms with E-state index in [1.807, 2.05) is 30.3 Å². The van der Waals surface area contributed by atoms with Crippen molar-refractivity contribution in [1.29, 1.82) is 0 Å². The standard InChI is InChI=1S/C22H25FN2OS/c1-25(20-10-6-3-7-11-20)22(24-19-8-4-2-5-9-19)27-16-21(26)17-12-14-18(23)15-13-17/h2,4-5,8-9,12-15,20H,3,6-7,10-11,16H2,1H3. The lowest BCUT2D eigenvalue weighted by atomic mass is 9.95. The first-order chi connectivity index (χ1) is 13.1. The number of Topliss-reactive ketones (excluding diaryl/α,β-unsaturated/α-hetero) is 1. The molecule has 2 aromatic rings. The molecule has 0 heterocycles. The SMILES string of the molecule is CN(C(=Nc1ccccc1)SCC(=O)c1ccc(F)cc1)C1CCCCC1. The number of carbonyl (C=O) groups excluding carboxylic acids is 1. The number of hydrogen-bond acceptors (Lipinski definition) is 3. The van der Waals surface area contributed by atoms with Gasteiger partial charge in [0.15, 0.2) is 11.0 Å². The second kappa shape index (κ2) is 9.70. The van der Waals surface area contributed by atoms with Crippen LogP contribution in [0.5, 0.6) is 0 Å². The normalized spacial score (nSPS) is 15.6. The maximum Gasteiger partial charge on any atom is 0.173 e. The van der Waals surface area contributed by atoms with Crippen molar-refractivity contribution >= 4 is 28.4 Å². The highest BCUT2D eigenvalue weighted by atomic mass is 32.2. The average molecular weight is 385 g/mol. The lowest BCUT2D eigenvalue weighted by Gasteiger charge is -2.33. The highest BCUT2D eigenvalue weighted by molar-refractivity contribution is 8.14. The predicted molar refractivity (Wildman–Crippen MR) is 111 cm³/mol. The molecule has 27 heavy (non-hydrogen) atoms. The van der Waals surface area contributed by atoms with Gasteiger partial charge in [0.05, 0.1) is 11.4 Å². The minimum Gasteiger partial charge on any atom is -0.351 e. The van der Waals surface area contributed by atoms with Crippen LogP contribution in [0.25, 0.3) is 0 Å². The van der Waals surface area contributed by atoms with E-state index < -0.39 is 0 Å². The number of para-hydroxylation sites is 1. The summed E-state index contributed by atoms with van der Waals surface area (Å²) in [6, 6.07) is 16.0. The van der Waals surface area contributed by atoms with Crippen molar-refractivity contribution in [2.75, 3.05) is 12.8 Å². The summed E-state index contributed by atoms with van der Waals surface area (Å²) in [5.74, 6) is -0.0608. The Labute approximate surface area is 164 Å². The summed E-state index contributed by atoms with van der Waals surface area (Å²) in [7, 11) is 2.08. The number of amidine groups is 1. The largest absolute Gasteiger partial charge is 0.351 e. The van der Waals surface area contributed by atoms with Crippen LogP contribution < -0.4 is 0 Å². The maximum absolute atomic E-state index is 13.1. The van der Waals surface area contributed by atoms with Gasteiger partial charge in [-0.3, -0.25) is 4.79 Å². The van der Waals surface area contributed by atoms with Crippen molar-refractivity contribution in [3.05, 3.63) is 66.0 Å². The Bertz CT molecular complexity index is 771. The van der Waals surface area contributed by atoms with Crippen LogP contribution in [-0.2, 0) is 0 Å². The molecule has 1 aliphatic carbocycles. The minimum atomic E-state index is -0.331. The van der Waals surface area contributed by atoms with Crippen molar-refractivity contribution in [2.45, 2.75) is 38.1 Å². The van der Waals surface area contributed by atoms with E-state index in [0.29, 0.717) is 11.6 Å². The van der Waals surface area contributed by atoms with Crippen LogP contribution in [0.3, 0.4) is 0 Å². The Morgan fingerprint density at radius 3 is 2.41 bits per heavy atom. The number of aliphatic imine (C=N–C) groups is 1.